The summed E-state index contributed by atoms with van der Waals surface area (Å²) in [5.41, 5.74) is 2.34. The van der Waals surface area contributed by atoms with Gasteiger partial charge < -0.3 is 15.0 Å². The fourth-order valence-corrected chi connectivity index (χ4v) is 5.22. The van der Waals surface area contributed by atoms with Gasteiger partial charge in [-0.1, -0.05) is 60.7 Å². The molecule has 0 fully saturated rings. The molecule has 202 valence electrons. The van der Waals surface area contributed by atoms with E-state index in [4.69, 9.17) is 4.74 Å². The topological polar surface area (TPSA) is 96.0 Å². The van der Waals surface area contributed by atoms with Gasteiger partial charge in [0.25, 0.3) is 0 Å². The van der Waals surface area contributed by atoms with Gasteiger partial charge in [0.2, 0.25) is 21.8 Å². The normalized spacial score (nSPS) is 11.9. The maximum atomic E-state index is 13.6. The second kappa shape index (κ2) is 13.6. The van der Waals surface area contributed by atoms with Gasteiger partial charge in [0, 0.05) is 33.0 Å². The molecule has 2 amide bonds. The minimum atomic E-state index is -3.58. The number of sulfonamides is 1. The van der Waals surface area contributed by atoms with Crippen molar-refractivity contribution in [1.29, 1.82) is 0 Å². The zero-order valence-corrected chi connectivity index (χ0v) is 22.9. The summed E-state index contributed by atoms with van der Waals surface area (Å²) in [6.07, 6.45) is 1.87. The average molecular weight is 538 g/mol. The highest BCUT2D eigenvalue weighted by Crippen LogP contribution is 2.23. The van der Waals surface area contributed by atoms with Gasteiger partial charge in [0.05, 0.1) is 19.1 Å². The number of likely N-dealkylation sites (N-methyl/N-ethyl adjacent to an activating group) is 1. The standard InChI is InChI=1S/C29H35N3O5S/c1-30-29(34)27(21-23-11-6-4-7-12-23)31(22-24-13-8-5-9-14-24)28(33)15-10-20-32(38(3,35)36)25-16-18-26(37-2)19-17-25/h4-9,11-14,16-19,27H,10,15,20-22H2,1-3H3,(H,30,34). The molecule has 1 unspecified atom stereocenters. The molecule has 3 aromatic carbocycles. The van der Waals surface area contributed by atoms with E-state index in [1.54, 1.807) is 43.3 Å². The van der Waals surface area contributed by atoms with E-state index in [1.807, 2.05) is 60.7 Å². The average Bonchev–Trinajstić information content (AvgIpc) is 2.93. The smallest absolute Gasteiger partial charge is 0.242 e. The van der Waals surface area contributed by atoms with Crippen LogP contribution in [0.5, 0.6) is 5.75 Å². The summed E-state index contributed by atoms with van der Waals surface area (Å²) in [6, 6.07) is 25.1. The summed E-state index contributed by atoms with van der Waals surface area (Å²) >= 11 is 0. The van der Waals surface area contributed by atoms with Crippen LogP contribution in [0.1, 0.15) is 24.0 Å². The van der Waals surface area contributed by atoms with Crippen molar-refractivity contribution >= 4 is 27.5 Å². The third kappa shape index (κ3) is 8.08. The number of rotatable bonds is 13. The molecule has 0 bridgehead atoms. The highest BCUT2D eigenvalue weighted by Gasteiger charge is 2.30. The van der Waals surface area contributed by atoms with Crippen LogP contribution in [0.4, 0.5) is 5.69 Å². The first kappa shape index (κ1) is 28.7. The van der Waals surface area contributed by atoms with Crippen LogP contribution >= 0.6 is 0 Å². The van der Waals surface area contributed by atoms with Crippen molar-refractivity contribution in [3.8, 4) is 5.75 Å². The Morgan fingerprint density at radius 2 is 1.47 bits per heavy atom. The lowest BCUT2D eigenvalue weighted by molar-refractivity contribution is -0.141. The molecule has 0 aliphatic heterocycles. The number of nitrogens with one attached hydrogen (secondary N) is 1. The first-order chi connectivity index (χ1) is 18.2. The molecule has 0 heterocycles. The van der Waals surface area contributed by atoms with Crippen LogP contribution in [0.2, 0.25) is 0 Å². The Bertz CT molecular complexity index is 1280. The molecule has 0 saturated heterocycles. The quantitative estimate of drug-likeness (QED) is 0.359. The number of ether oxygens (including phenoxy) is 1. The van der Waals surface area contributed by atoms with Crippen LogP contribution in [-0.2, 0) is 32.6 Å². The monoisotopic (exact) mass is 537 g/mol. The molecule has 0 radical (unpaired) electrons. The maximum absolute atomic E-state index is 13.6. The number of amides is 2. The number of methoxy groups -OCH3 is 1. The van der Waals surface area contributed by atoms with Crippen molar-refractivity contribution in [2.75, 3.05) is 31.3 Å². The van der Waals surface area contributed by atoms with Crippen molar-refractivity contribution in [3.63, 3.8) is 0 Å². The van der Waals surface area contributed by atoms with Crippen molar-refractivity contribution in [1.82, 2.24) is 10.2 Å². The SMILES string of the molecule is CNC(=O)C(Cc1ccccc1)N(Cc1ccccc1)C(=O)CCCN(c1ccc(OC)cc1)S(C)(=O)=O. The summed E-state index contributed by atoms with van der Waals surface area (Å²) in [4.78, 5) is 28.2. The first-order valence-electron chi connectivity index (χ1n) is 12.4. The molecular formula is C29H35N3O5S. The van der Waals surface area contributed by atoms with E-state index < -0.39 is 16.1 Å². The highest BCUT2D eigenvalue weighted by atomic mass is 32.2. The Balaban J connectivity index is 1.81. The molecular weight excluding hydrogens is 502 g/mol. The second-order valence-corrected chi connectivity index (χ2v) is 10.9. The minimum Gasteiger partial charge on any atom is -0.497 e. The molecule has 0 saturated carbocycles. The van der Waals surface area contributed by atoms with Gasteiger partial charge in [0.15, 0.2) is 0 Å². The lowest BCUT2D eigenvalue weighted by Gasteiger charge is -2.31. The molecule has 3 rings (SSSR count). The molecule has 8 nitrogen and oxygen atoms in total. The van der Waals surface area contributed by atoms with Gasteiger partial charge in [-0.25, -0.2) is 8.42 Å². The lowest BCUT2D eigenvalue weighted by Crippen LogP contribution is -2.49. The Labute approximate surface area is 225 Å². The number of hydrogen-bond acceptors (Lipinski definition) is 5. The molecule has 0 aliphatic carbocycles. The Morgan fingerprint density at radius 3 is 2.00 bits per heavy atom. The number of carbonyl (C=O) groups is 2. The summed E-state index contributed by atoms with van der Waals surface area (Å²) in [5, 5.41) is 2.70. The van der Waals surface area contributed by atoms with Crippen molar-refractivity contribution in [2.24, 2.45) is 0 Å². The van der Waals surface area contributed by atoms with E-state index in [0.717, 1.165) is 17.4 Å². The zero-order chi connectivity index (χ0) is 27.5. The largest absolute Gasteiger partial charge is 0.497 e. The fraction of sp³-hybridized carbons (Fsp3) is 0.310. The fourth-order valence-electron chi connectivity index (χ4n) is 4.25. The van der Waals surface area contributed by atoms with E-state index in [1.165, 1.54) is 4.31 Å². The number of benzene rings is 3. The first-order valence-corrected chi connectivity index (χ1v) is 14.3. The van der Waals surface area contributed by atoms with Gasteiger partial charge in [-0.3, -0.25) is 13.9 Å². The van der Waals surface area contributed by atoms with E-state index in [9.17, 15) is 18.0 Å². The van der Waals surface area contributed by atoms with E-state index in [2.05, 4.69) is 5.32 Å². The molecule has 38 heavy (non-hydrogen) atoms. The number of nitrogens with zero attached hydrogens (tertiary/aromatic N) is 2. The highest BCUT2D eigenvalue weighted by molar-refractivity contribution is 7.92. The summed E-state index contributed by atoms with van der Waals surface area (Å²) in [7, 11) is -0.474. The van der Waals surface area contributed by atoms with Crippen LogP contribution in [0.3, 0.4) is 0 Å². The second-order valence-electron chi connectivity index (χ2n) is 8.96. The Kier molecular flexibility index (Phi) is 10.3. The predicted octanol–water partition coefficient (Wildman–Crippen LogP) is 3.63. The van der Waals surface area contributed by atoms with Gasteiger partial charge in [-0.2, -0.15) is 0 Å². The van der Waals surface area contributed by atoms with Crippen molar-refractivity contribution in [2.45, 2.75) is 31.8 Å². The summed E-state index contributed by atoms with van der Waals surface area (Å²) in [6.45, 7) is 0.387. The Hall–Kier alpha value is -3.85. The van der Waals surface area contributed by atoms with Gasteiger partial charge >= 0.3 is 0 Å². The zero-order valence-electron chi connectivity index (χ0n) is 22.0. The molecule has 0 aromatic heterocycles. The van der Waals surface area contributed by atoms with Crippen LogP contribution in [0.25, 0.3) is 0 Å². The van der Waals surface area contributed by atoms with Crippen LogP contribution < -0.4 is 14.4 Å². The molecule has 0 aliphatic rings. The molecule has 9 heteroatoms. The molecule has 1 atom stereocenters. The van der Waals surface area contributed by atoms with E-state index in [0.29, 0.717) is 17.9 Å². The van der Waals surface area contributed by atoms with Crippen molar-refractivity contribution < 1.29 is 22.7 Å². The number of carbonyl (C=O) groups excluding carboxylic acids is 2. The predicted molar refractivity (Wildman–Crippen MR) is 149 cm³/mol. The molecule has 1 N–H and O–H groups in total. The van der Waals surface area contributed by atoms with Crippen molar-refractivity contribution in [3.05, 3.63) is 96.1 Å². The Morgan fingerprint density at radius 1 is 0.895 bits per heavy atom. The lowest BCUT2D eigenvalue weighted by atomic mass is 10.0. The summed E-state index contributed by atoms with van der Waals surface area (Å²) in [5.74, 6) is 0.142. The third-order valence-electron chi connectivity index (χ3n) is 6.23. The van der Waals surface area contributed by atoms with E-state index in [-0.39, 0.29) is 37.7 Å². The van der Waals surface area contributed by atoms with Crippen LogP contribution in [0.15, 0.2) is 84.9 Å². The van der Waals surface area contributed by atoms with Gasteiger partial charge in [-0.15, -0.1) is 0 Å². The van der Waals surface area contributed by atoms with Gasteiger partial charge in [0.1, 0.15) is 11.8 Å². The number of anilines is 1. The third-order valence-corrected chi connectivity index (χ3v) is 7.42. The van der Waals surface area contributed by atoms with Crippen LogP contribution in [-0.4, -0.2) is 58.1 Å². The van der Waals surface area contributed by atoms with Crippen LogP contribution in [0, 0.1) is 0 Å². The molecule has 3 aromatic rings. The maximum Gasteiger partial charge on any atom is 0.242 e. The molecule has 0 spiro atoms. The summed E-state index contributed by atoms with van der Waals surface area (Å²) < 4.78 is 31.5. The minimum absolute atomic E-state index is 0.0806. The number of hydrogen-bond donors (Lipinski definition) is 1. The van der Waals surface area contributed by atoms with Gasteiger partial charge in [-0.05, 0) is 41.8 Å². The van der Waals surface area contributed by atoms with E-state index >= 15 is 0 Å².